The van der Waals surface area contributed by atoms with Gasteiger partial charge in [0.1, 0.15) is 16.8 Å². The Morgan fingerprint density at radius 1 is 0.677 bits per heavy atom. The van der Waals surface area contributed by atoms with Crippen LogP contribution in [-0.2, 0) is 0 Å². The molecule has 0 atom stereocenters. The van der Waals surface area contributed by atoms with Crippen molar-refractivity contribution in [2.75, 3.05) is 7.11 Å². The lowest BCUT2D eigenvalue weighted by Crippen LogP contribution is -2.28. The second-order valence-corrected chi connectivity index (χ2v) is 7.67. The summed E-state index contributed by atoms with van der Waals surface area (Å²) in [5, 5.41) is 1.16. The summed E-state index contributed by atoms with van der Waals surface area (Å²) in [5.74, 6) is 0.866. The molecule has 0 bridgehead atoms. The average molecular weight is 401 g/mol. The van der Waals surface area contributed by atoms with Gasteiger partial charge in [-0.15, -0.1) is 0 Å². The third-order valence-corrected chi connectivity index (χ3v) is 5.92. The van der Waals surface area contributed by atoms with Crippen LogP contribution >= 0.6 is 0 Å². The monoisotopic (exact) mass is 401 g/mol. The quantitative estimate of drug-likeness (QED) is 0.324. The standard InChI is InChI=1S/C28H21N2O/c1-31-23-15-16-24-22(18-23)19-25-27(20-10-4-2-5-11-20)28(21-12-6-3-7-13-21)29-17-9-8-14-26(29)30(24)25/h2-19H,1H3/q+1. The van der Waals surface area contributed by atoms with Crippen LogP contribution in [-0.4, -0.2) is 11.5 Å². The van der Waals surface area contributed by atoms with Crippen LogP contribution in [0.25, 0.3) is 44.5 Å². The molecule has 0 spiro atoms. The maximum Gasteiger partial charge on any atom is 0.292 e. The Hall–Kier alpha value is -4.11. The fraction of sp³-hybridized carbons (Fsp3) is 0.0357. The molecule has 3 heteroatoms. The van der Waals surface area contributed by atoms with Gasteiger partial charge in [-0.25, -0.2) is 0 Å². The number of aromatic nitrogens is 2. The van der Waals surface area contributed by atoms with E-state index in [1.54, 1.807) is 7.11 Å². The summed E-state index contributed by atoms with van der Waals surface area (Å²) in [6.07, 6.45) is 2.15. The Kier molecular flexibility index (Phi) is 4.00. The highest BCUT2D eigenvalue weighted by Gasteiger charge is 2.25. The van der Waals surface area contributed by atoms with Gasteiger partial charge in [0.15, 0.2) is 5.69 Å². The van der Waals surface area contributed by atoms with Gasteiger partial charge in [-0.2, -0.15) is 8.80 Å². The molecule has 0 amide bonds. The normalized spacial score (nSPS) is 11.4. The average Bonchev–Trinajstić information content (AvgIpc) is 3.22. The van der Waals surface area contributed by atoms with Crippen LogP contribution in [0.5, 0.6) is 5.75 Å². The lowest BCUT2D eigenvalue weighted by atomic mass is 9.98. The van der Waals surface area contributed by atoms with E-state index in [0.717, 1.165) is 22.3 Å². The minimum Gasteiger partial charge on any atom is -0.497 e. The number of rotatable bonds is 3. The van der Waals surface area contributed by atoms with Crippen molar-refractivity contribution in [3.8, 4) is 28.1 Å². The first-order valence-electron chi connectivity index (χ1n) is 10.4. The summed E-state index contributed by atoms with van der Waals surface area (Å²) in [4.78, 5) is 0. The molecule has 0 aliphatic heterocycles. The third-order valence-electron chi connectivity index (χ3n) is 5.92. The summed E-state index contributed by atoms with van der Waals surface area (Å²) in [7, 11) is 1.71. The van der Waals surface area contributed by atoms with Crippen molar-refractivity contribution in [2.45, 2.75) is 0 Å². The Morgan fingerprint density at radius 2 is 1.39 bits per heavy atom. The summed E-state index contributed by atoms with van der Waals surface area (Å²) in [6.45, 7) is 0. The molecule has 31 heavy (non-hydrogen) atoms. The van der Waals surface area contributed by atoms with Crippen LogP contribution in [0.1, 0.15) is 0 Å². The maximum atomic E-state index is 5.50. The van der Waals surface area contributed by atoms with Gasteiger partial charge in [0.25, 0.3) is 5.65 Å². The maximum absolute atomic E-state index is 5.50. The van der Waals surface area contributed by atoms with Crippen molar-refractivity contribution in [1.82, 2.24) is 4.40 Å². The SMILES string of the molecule is COc1ccc2c(c1)cc1c(-c3ccccc3)c(-c3ccccc3)[n+]3ccccc3n12. The Bertz CT molecular complexity index is 1550. The van der Waals surface area contributed by atoms with Gasteiger partial charge in [-0.05, 0) is 35.9 Å². The number of hydrogen-bond acceptors (Lipinski definition) is 1. The van der Waals surface area contributed by atoms with E-state index in [9.17, 15) is 0 Å². The van der Waals surface area contributed by atoms with E-state index in [4.69, 9.17) is 4.74 Å². The van der Waals surface area contributed by atoms with Crippen LogP contribution in [0.4, 0.5) is 0 Å². The number of fused-ring (bicyclic) bond motifs is 5. The van der Waals surface area contributed by atoms with E-state index in [0.29, 0.717) is 0 Å². The molecule has 0 aliphatic rings. The summed E-state index contributed by atoms with van der Waals surface area (Å²) < 4.78 is 10.1. The first-order valence-corrected chi connectivity index (χ1v) is 10.4. The number of benzene rings is 3. The predicted molar refractivity (Wildman–Crippen MR) is 125 cm³/mol. The molecule has 3 heterocycles. The van der Waals surface area contributed by atoms with E-state index in [-0.39, 0.29) is 0 Å². The molecule has 0 N–H and O–H groups in total. The molecule has 6 rings (SSSR count). The van der Waals surface area contributed by atoms with E-state index in [2.05, 4.69) is 112 Å². The predicted octanol–water partition coefficient (Wildman–Crippen LogP) is 6.17. The Morgan fingerprint density at radius 3 is 2.13 bits per heavy atom. The van der Waals surface area contributed by atoms with Crippen LogP contribution in [0.2, 0.25) is 0 Å². The van der Waals surface area contributed by atoms with Crippen LogP contribution in [0.3, 0.4) is 0 Å². The van der Waals surface area contributed by atoms with E-state index < -0.39 is 0 Å². The van der Waals surface area contributed by atoms with Crippen LogP contribution in [0.15, 0.2) is 109 Å². The van der Waals surface area contributed by atoms with Crippen LogP contribution in [0, 0.1) is 0 Å². The molecular formula is C28H21N2O+. The zero-order valence-corrected chi connectivity index (χ0v) is 17.2. The van der Waals surface area contributed by atoms with Gasteiger partial charge < -0.3 is 4.74 Å². The van der Waals surface area contributed by atoms with Crippen molar-refractivity contribution in [1.29, 1.82) is 0 Å². The Balaban J connectivity index is 1.89. The summed E-state index contributed by atoms with van der Waals surface area (Å²) in [5.41, 5.74) is 8.25. The Labute approximate surface area is 180 Å². The first kappa shape index (κ1) is 17.7. The highest BCUT2D eigenvalue weighted by Crippen LogP contribution is 2.37. The minimum atomic E-state index is 0.866. The second-order valence-electron chi connectivity index (χ2n) is 7.67. The molecule has 0 fully saturated rings. The fourth-order valence-corrected chi connectivity index (χ4v) is 4.57. The van der Waals surface area contributed by atoms with Gasteiger partial charge >= 0.3 is 0 Å². The van der Waals surface area contributed by atoms with Crippen LogP contribution < -0.4 is 9.14 Å². The smallest absolute Gasteiger partial charge is 0.292 e. The second kappa shape index (κ2) is 6.99. The fourth-order valence-electron chi connectivity index (χ4n) is 4.57. The van der Waals surface area contributed by atoms with Crippen molar-refractivity contribution >= 4 is 22.1 Å². The molecule has 3 nitrogen and oxygen atoms in total. The molecule has 0 aliphatic carbocycles. The topological polar surface area (TPSA) is 17.7 Å². The highest BCUT2D eigenvalue weighted by molar-refractivity contribution is 5.99. The molecule has 0 saturated heterocycles. The molecule has 0 saturated carbocycles. The van der Waals surface area contributed by atoms with E-state index in [1.165, 1.54) is 27.9 Å². The summed E-state index contributed by atoms with van der Waals surface area (Å²) >= 11 is 0. The van der Waals surface area contributed by atoms with Crippen molar-refractivity contribution < 1.29 is 9.14 Å². The lowest BCUT2D eigenvalue weighted by molar-refractivity contribution is -0.501. The molecule has 3 aromatic carbocycles. The van der Waals surface area contributed by atoms with Gasteiger partial charge in [-0.3, -0.25) is 0 Å². The molecular weight excluding hydrogens is 380 g/mol. The number of hydrogen-bond donors (Lipinski definition) is 0. The molecule has 6 aromatic rings. The number of pyridine rings is 1. The summed E-state index contributed by atoms with van der Waals surface area (Å²) in [6, 6.07) is 36.2. The van der Waals surface area contributed by atoms with Gasteiger partial charge in [-0.1, -0.05) is 66.7 Å². The van der Waals surface area contributed by atoms with Gasteiger partial charge in [0.2, 0.25) is 0 Å². The zero-order chi connectivity index (χ0) is 20.8. The first-order chi connectivity index (χ1) is 15.3. The largest absolute Gasteiger partial charge is 0.497 e. The molecule has 0 unspecified atom stereocenters. The van der Waals surface area contributed by atoms with E-state index in [1.807, 2.05) is 6.07 Å². The third kappa shape index (κ3) is 2.71. The van der Waals surface area contributed by atoms with E-state index >= 15 is 0 Å². The number of nitrogens with zero attached hydrogens (tertiary/aromatic N) is 2. The zero-order valence-electron chi connectivity index (χ0n) is 17.2. The highest BCUT2D eigenvalue weighted by atomic mass is 16.5. The van der Waals surface area contributed by atoms with Crippen molar-refractivity contribution in [3.05, 3.63) is 109 Å². The number of methoxy groups -OCH3 is 1. The van der Waals surface area contributed by atoms with Gasteiger partial charge in [0.05, 0.1) is 18.9 Å². The molecule has 0 radical (unpaired) electrons. The molecule has 3 aromatic heterocycles. The minimum absolute atomic E-state index is 0.866. The van der Waals surface area contributed by atoms with Crippen molar-refractivity contribution in [2.24, 2.45) is 0 Å². The van der Waals surface area contributed by atoms with Gasteiger partial charge in [0, 0.05) is 17.0 Å². The number of ether oxygens (including phenoxy) is 1. The van der Waals surface area contributed by atoms with Crippen molar-refractivity contribution in [3.63, 3.8) is 0 Å². The lowest BCUT2D eigenvalue weighted by Gasteiger charge is -2.12. The molecule has 148 valence electrons.